The molecule has 0 radical (unpaired) electrons. The monoisotopic (exact) mass is 416 g/mol. The van der Waals surface area contributed by atoms with Crippen molar-refractivity contribution in [3.8, 4) is 11.5 Å². The fraction of sp³-hybridized carbons (Fsp3) is 0.286. The van der Waals surface area contributed by atoms with E-state index in [-0.39, 0.29) is 31.6 Å². The number of nitrogens with two attached hydrogens (primary N) is 1. The van der Waals surface area contributed by atoms with E-state index in [4.69, 9.17) is 20.3 Å². The molecule has 0 saturated carbocycles. The van der Waals surface area contributed by atoms with Crippen molar-refractivity contribution in [3.63, 3.8) is 0 Å². The van der Waals surface area contributed by atoms with E-state index in [0.29, 0.717) is 22.6 Å². The molecule has 9 heteroatoms. The number of carboxylic acid groups (broad SMARTS) is 1. The molecule has 0 bridgehead atoms. The lowest BCUT2D eigenvalue weighted by atomic mass is 10.1. The number of hydrogen-bond acceptors (Lipinski definition) is 5. The quantitative estimate of drug-likeness (QED) is 0.646. The van der Waals surface area contributed by atoms with Gasteiger partial charge >= 0.3 is 5.97 Å². The van der Waals surface area contributed by atoms with Crippen LogP contribution in [0, 0.1) is 5.82 Å². The summed E-state index contributed by atoms with van der Waals surface area (Å²) in [6, 6.07) is 8.09. The number of amides is 2. The van der Waals surface area contributed by atoms with Gasteiger partial charge in [-0.15, -0.1) is 0 Å². The van der Waals surface area contributed by atoms with Crippen LogP contribution in [0.1, 0.15) is 34.3 Å². The van der Waals surface area contributed by atoms with E-state index < -0.39 is 29.6 Å². The molecule has 0 unspecified atom stereocenters. The van der Waals surface area contributed by atoms with Gasteiger partial charge in [0.25, 0.3) is 5.91 Å². The summed E-state index contributed by atoms with van der Waals surface area (Å²) in [5.74, 6) is -1.90. The molecule has 1 aliphatic rings. The first-order valence-electron chi connectivity index (χ1n) is 9.21. The minimum absolute atomic E-state index is 0.0398. The van der Waals surface area contributed by atoms with Gasteiger partial charge < -0.3 is 25.2 Å². The topological polar surface area (TPSA) is 119 Å². The van der Waals surface area contributed by atoms with Gasteiger partial charge in [-0.25, -0.2) is 4.39 Å². The summed E-state index contributed by atoms with van der Waals surface area (Å²) in [6.07, 6.45) is -0.387. The molecular formula is C21H21FN2O6. The normalized spacial score (nSPS) is 13.7. The lowest BCUT2D eigenvalue weighted by Gasteiger charge is -2.24. The van der Waals surface area contributed by atoms with Crippen LogP contribution in [-0.2, 0) is 22.7 Å². The first kappa shape index (κ1) is 21.1. The minimum Gasteiger partial charge on any atom is -0.497 e. The van der Waals surface area contributed by atoms with E-state index in [2.05, 4.69) is 0 Å². The highest BCUT2D eigenvalue weighted by Gasteiger charge is 2.37. The van der Waals surface area contributed by atoms with Crippen LogP contribution >= 0.6 is 0 Å². The molecule has 0 aromatic heterocycles. The van der Waals surface area contributed by atoms with Crippen molar-refractivity contribution >= 4 is 17.8 Å². The molecule has 1 heterocycles. The molecule has 2 aromatic rings. The highest BCUT2D eigenvalue weighted by Crippen LogP contribution is 2.33. The van der Waals surface area contributed by atoms with Crippen LogP contribution in [0.2, 0.25) is 0 Å². The number of ether oxygens (including phenoxy) is 2. The van der Waals surface area contributed by atoms with E-state index >= 15 is 0 Å². The van der Waals surface area contributed by atoms with E-state index in [1.54, 1.807) is 18.2 Å². The van der Waals surface area contributed by atoms with Crippen LogP contribution in [0.15, 0.2) is 36.4 Å². The van der Waals surface area contributed by atoms with Gasteiger partial charge in [0.2, 0.25) is 5.91 Å². The van der Waals surface area contributed by atoms with E-state index in [0.717, 1.165) is 0 Å². The predicted octanol–water partition coefficient (Wildman–Crippen LogP) is 2.09. The first-order valence-corrected chi connectivity index (χ1v) is 9.21. The predicted molar refractivity (Wildman–Crippen MR) is 103 cm³/mol. The molecule has 0 aliphatic carbocycles. The summed E-state index contributed by atoms with van der Waals surface area (Å²) < 4.78 is 24.9. The second-order valence-corrected chi connectivity index (χ2v) is 6.81. The fourth-order valence-electron chi connectivity index (χ4n) is 3.37. The molecular weight excluding hydrogens is 395 g/mol. The molecule has 0 saturated heterocycles. The third-order valence-corrected chi connectivity index (χ3v) is 4.93. The first-order chi connectivity index (χ1) is 14.3. The Hall–Kier alpha value is -3.62. The number of benzene rings is 2. The average Bonchev–Trinajstić information content (AvgIpc) is 3.04. The van der Waals surface area contributed by atoms with Crippen LogP contribution in [0.3, 0.4) is 0 Å². The number of hydrogen-bond donors (Lipinski definition) is 2. The van der Waals surface area contributed by atoms with Gasteiger partial charge in [-0.05, 0) is 36.8 Å². The Balaban J connectivity index is 1.81. The summed E-state index contributed by atoms with van der Waals surface area (Å²) in [6.45, 7) is -0.0515. The van der Waals surface area contributed by atoms with Gasteiger partial charge in [-0.3, -0.25) is 14.4 Å². The molecule has 1 atom stereocenters. The number of primary amides is 1. The van der Waals surface area contributed by atoms with Crippen molar-refractivity contribution in [1.29, 1.82) is 0 Å². The standard InChI is InChI=1S/C21H21FN2O6/c1-29-13-5-6-16(22)12(9-13)11-30-18-4-2-3-14-15(18)10-24(21(14)28)17(20(23)27)7-8-19(25)26/h2-6,9,17H,7-8,10-11H2,1H3,(H2,23,27)(H,25,26)/t17-/m0/s1. The van der Waals surface area contributed by atoms with E-state index in [9.17, 15) is 18.8 Å². The number of halogens is 1. The van der Waals surface area contributed by atoms with Crippen molar-refractivity contribution in [2.45, 2.75) is 32.0 Å². The molecule has 8 nitrogen and oxygen atoms in total. The van der Waals surface area contributed by atoms with Crippen LogP contribution in [0.25, 0.3) is 0 Å². The van der Waals surface area contributed by atoms with Gasteiger partial charge in [0.05, 0.1) is 13.7 Å². The van der Waals surface area contributed by atoms with Crippen LogP contribution in [0.4, 0.5) is 4.39 Å². The molecule has 30 heavy (non-hydrogen) atoms. The lowest BCUT2D eigenvalue weighted by Crippen LogP contribution is -2.45. The number of carbonyl (C=O) groups excluding carboxylic acids is 2. The zero-order chi connectivity index (χ0) is 21.8. The highest BCUT2D eigenvalue weighted by molar-refractivity contribution is 6.01. The second-order valence-electron chi connectivity index (χ2n) is 6.81. The molecule has 0 spiro atoms. The molecule has 2 amide bonds. The van der Waals surface area contributed by atoms with Crippen LogP contribution < -0.4 is 15.2 Å². The maximum atomic E-state index is 14.1. The number of methoxy groups -OCH3 is 1. The molecule has 3 N–H and O–H groups in total. The Labute approximate surface area is 172 Å². The summed E-state index contributed by atoms with van der Waals surface area (Å²) in [4.78, 5) is 36.7. The average molecular weight is 416 g/mol. The minimum atomic E-state index is -1.09. The SMILES string of the molecule is COc1ccc(F)c(COc2cccc3c2CN([C@@H](CCC(=O)O)C(N)=O)C3=O)c1. The summed E-state index contributed by atoms with van der Waals surface area (Å²) in [5, 5.41) is 8.89. The van der Waals surface area contributed by atoms with Crippen LogP contribution in [-0.4, -0.2) is 40.9 Å². The zero-order valence-electron chi connectivity index (χ0n) is 16.3. The van der Waals surface area contributed by atoms with Crippen LogP contribution in [0.5, 0.6) is 11.5 Å². The summed E-state index contributed by atoms with van der Waals surface area (Å²) in [5.41, 5.74) is 6.56. The summed E-state index contributed by atoms with van der Waals surface area (Å²) >= 11 is 0. The Morgan fingerprint density at radius 1 is 1.30 bits per heavy atom. The van der Waals surface area contributed by atoms with Gasteiger partial charge in [-0.1, -0.05) is 6.07 Å². The Kier molecular flexibility index (Phi) is 6.20. The van der Waals surface area contributed by atoms with Crippen molar-refractivity contribution in [2.75, 3.05) is 7.11 Å². The zero-order valence-corrected chi connectivity index (χ0v) is 16.3. The molecule has 158 valence electrons. The summed E-state index contributed by atoms with van der Waals surface area (Å²) in [7, 11) is 1.47. The second kappa shape index (κ2) is 8.81. The number of carbonyl (C=O) groups is 3. The smallest absolute Gasteiger partial charge is 0.303 e. The lowest BCUT2D eigenvalue weighted by molar-refractivity contribution is -0.137. The Bertz CT molecular complexity index is 993. The Morgan fingerprint density at radius 3 is 2.73 bits per heavy atom. The largest absolute Gasteiger partial charge is 0.497 e. The number of nitrogens with zero attached hydrogens (tertiary/aromatic N) is 1. The third-order valence-electron chi connectivity index (χ3n) is 4.93. The molecule has 1 aliphatic heterocycles. The van der Waals surface area contributed by atoms with Crippen molar-refractivity contribution in [3.05, 3.63) is 58.9 Å². The number of carboxylic acids is 1. The van der Waals surface area contributed by atoms with Crippen molar-refractivity contribution in [2.24, 2.45) is 5.73 Å². The highest BCUT2D eigenvalue weighted by atomic mass is 19.1. The van der Waals surface area contributed by atoms with E-state index in [1.165, 1.54) is 30.2 Å². The van der Waals surface area contributed by atoms with Gasteiger partial charge in [0, 0.05) is 23.1 Å². The maximum absolute atomic E-state index is 14.1. The Morgan fingerprint density at radius 2 is 2.07 bits per heavy atom. The number of rotatable bonds is 9. The molecule has 0 fully saturated rings. The van der Waals surface area contributed by atoms with E-state index in [1.807, 2.05) is 0 Å². The molecule has 3 rings (SSSR count). The van der Waals surface area contributed by atoms with Gasteiger partial charge in [-0.2, -0.15) is 0 Å². The number of aliphatic carboxylic acids is 1. The fourth-order valence-corrected chi connectivity index (χ4v) is 3.37. The maximum Gasteiger partial charge on any atom is 0.303 e. The number of fused-ring (bicyclic) bond motifs is 1. The van der Waals surface area contributed by atoms with Gasteiger partial charge in [0.1, 0.15) is 30.0 Å². The third kappa shape index (κ3) is 4.35. The van der Waals surface area contributed by atoms with Crippen molar-refractivity contribution < 1.29 is 33.4 Å². The molecule has 2 aromatic carbocycles. The van der Waals surface area contributed by atoms with Gasteiger partial charge in [0.15, 0.2) is 0 Å². The van der Waals surface area contributed by atoms with Crippen molar-refractivity contribution in [1.82, 2.24) is 4.90 Å².